The van der Waals surface area contributed by atoms with Crippen LogP contribution in [0.1, 0.15) is 45.4 Å². The average molecular weight is 305 g/mol. The van der Waals surface area contributed by atoms with E-state index in [1.165, 1.54) is 0 Å². The molecule has 0 spiro atoms. The quantitative estimate of drug-likeness (QED) is 0.597. The Morgan fingerprint density at radius 1 is 1.64 bits per heavy atom. The first-order chi connectivity index (χ1) is 10.4. The van der Waals surface area contributed by atoms with Gasteiger partial charge in [-0.25, -0.2) is 0 Å². The third-order valence-electron chi connectivity index (χ3n) is 4.71. The molecule has 2 aliphatic rings. The molecule has 1 heterocycles. The number of nitrogens with zero attached hydrogens (tertiary/aromatic N) is 2. The minimum Gasteiger partial charge on any atom is -0.389 e. The molecule has 1 aliphatic heterocycles. The monoisotopic (exact) mass is 305 g/mol. The van der Waals surface area contributed by atoms with Gasteiger partial charge in [-0.3, -0.25) is 4.79 Å². The van der Waals surface area contributed by atoms with Gasteiger partial charge in [-0.2, -0.15) is 5.26 Å². The molecule has 0 aromatic heterocycles. The molecular formula is C17H27N3O2. The van der Waals surface area contributed by atoms with Gasteiger partial charge in [-0.1, -0.05) is 19.1 Å². The number of rotatable bonds is 5. The van der Waals surface area contributed by atoms with Gasteiger partial charge in [-0.05, 0) is 51.0 Å². The second-order valence-electron chi connectivity index (χ2n) is 6.97. The average Bonchev–Trinajstić information content (AvgIpc) is 2.90. The van der Waals surface area contributed by atoms with Crippen LogP contribution in [0.4, 0.5) is 0 Å². The van der Waals surface area contributed by atoms with Crippen molar-refractivity contribution in [3.8, 4) is 6.07 Å². The lowest BCUT2D eigenvalue weighted by Crippen LogP contribution is -2.43. The number of nitrogens with one attached hydrogen (secondary N) is 1. The molecule has 5 heteroatoms. The molecule has 122 valence electrons. The largest absolute Gasteiger partial charge is 0.389 e. The number of hydrogen-bond acceptors (Lipinski definition) is 4. The maximum atomic E-state index is 12.1. The fourth-order valence-corrected chi connectivity index (χ4v) is 3.83. The molecule has 2 N–H and O–H groups in total. The SMILES string of the molecule is C=C1CC(C)CC(O)(CCNCC(=O)N2CCCC2C#N)C1. The zero-order valence-corrected chi connectivity index (χ0v) is 13.5. The summed E-state index contributed by atoms with van der Waals surface area (Å²) in [7, 11) is 0. The van der Waals surface area contributed by atoms with Crippen LogP contribution in [0.15, 0.2) is 12.2 Å². The van der Waals surface area contributed by atoms with Crippen LogP contribution in [0.25, 0.3) is 0 Å². The first-order valence-electron chi connectivity index (χ1n) is 8.22. The molecule has 0 radical (unpaired) electrons. The molecular weight excluding hydrogens is 278 g/mol. The number of hydrogen-bond donors (Lipinski definition) is 2. The van der Waals surface area contributed by atoms with E-state index >= 15 is 0 Å². The van der Waals surface area contributed by atoms with Crippen molar-refractivity contribution in [2.45, 2.75) is 57.1 Å². The minimum atomic E-state index is -0.687. The van der Waals surface area contributed by atoms with Crippen molar-refractivity contribution < 1.29 is 9.90 Å². The Morgan fingerprint density at radius 3 is 3.09 bits per heavy atom. The standard InChI is InChI=1S/C17H27N3O2/c1-13-8-14(2)10-17(22,9-13)5-6-19-12-16(21)20-7-3-4-15(20)11-18/h14-15,19,22H,1,3-10,12H2,2H3. The van der Waals surface area contributed by atoms with Crippen molar-refractivity contribution in [2.24, 2.45) is 5.92 Å². The normalized spacial score (nSPS) is 32.0. The highest BCUT2D eigenvalue weighted by Crippen LogP contribution is 2.36. The number of aliphatic hydroxyl groups is 1. The van der Waals surface area contributed by atoms with E-state index in [-0.39, 0.29) is 18.5 Å². The molecule has 2 fully saturated rings. The molecule has 0 aromatic rings. The van der Waals surface area contributed by atoms with Crippen molar-refractivity contribution >= 4 is 5.91 Å². The van der Waals surface area contributed by atoms with E-state index < -0.39 is 5.60 Å². The van der Waals surface area contributed by atoms with Crippen molar-refractivity contribution in [1.82, 2.24) is 10.2 Å². The third kappa shape index (κ3) is 4.31. The van der Waals surface area contributed by atoms with E-state index in [9.17, 15) is 9.90 Å². The van der Waals surface area contributed by atoms with Crippen LogP contribution < -0.4 is 5.32 Å². The topological polar surface area (TPSA) is 76.4 Å². The molecule has 2 rings (SSSR count). The van der Waals surface area contributed by atoms with Crippen molar-refractivity contribution in [3.05, 3.63) is 12.2 Å². The molecule has 1 saturated carbocycles. The highest BCUT2D eigenvalue weighted by Gasteiger charge is 2.34. The van der Waals surface area contributed by atoms with Crippen molar-refractivity contribution in [1.29, 1.82) is 5.26 Å². The molecule has 1 saturated heterocycles. The van der Waals surface area contributed by atoms with Crippen molar-refractivity contribution in [3.63, 3.8) is 0 Å². The Morgan fingerprint density at radius 2 is 2.41 bits per heavy atom. The van der Waals surface area contributed by atoms with Gasteiger partial charge in [-0.15, -0.1) is 0 Å². The summed E-state index contributed by atoms with van der Waals surface area (Å²) in [6.45, 7) is 7.68. The van der Waals surface area contributed by atoms with Crippen LogP contribution in [-0.2, 0) is 4.79 Å². The molecule has 22 heavy (non-hydrogen) atoms. The zero-order chi connectivity index (χ0) is 16.2. The molecule has 1 aliphatic carbocycles. The Bertz CT molecular complexity index is 471. The highest BCUT2D eigenvalue weighted by atomic mass is 16.3. The molecule has 5 nitrogen and oxygen atoms in total. The van der Waals surface area contributed by atoms with Crippen LogP contribution in [-0.4, -0.2) is 47.2 Å². The fraction of sp³-hybridized carbons (Fsp3) is 0.765. The van der Waals surface area contributed by atoms with E-state index in [1.807, 2.05) is 0 Å². The summed E-state index contributed by atoms with van der Waals surface area (Å²) < 4.78 is 0. The van der Waals surface area contributed by atoms with Gasteiger partial charge < -0.3 is 15.3 Å². The van der Waals surface area contributed by atoms with Gasteiger partial charge >= 0.3 is 0 Å². The zero-order valence-electron chi connectivity index (χ0n) is 13.5. The Kier molecular flexibility index (Phi) is 5.60. The van der Waals surface area contributed by atoms with Gasteiger partial charge in [0.2, 0.25) is 5.91 Å². The lowest BCUT2D eigenvalue weighted by Gasteiger charge is -2.37. The molecule has 3 unspecified atom stereocenters. The lowest BCUT2D eigenvalue weighted by atomic mass is 9.75. The maximum absolute atomic E-state index is 12.1. The Hall–Kier alpha value is -1.38. The predicted octanol–water partition coefficient (Wildman–Crippen LogP) is 1.59. The van der Waals surface area contributed by atoms with Gasteiger partial charge in [0.15, 0.2) is 0 Å². The summed E-state index contributed by atoms with van der Waals surface area (Å²) in [5.41, 5.74) is 0.430. The lowest BCUT2D eigenvalue weighted by molar-refractivity contribution is -0.130. The van der Waals surface area contributed by atoms with Gasteiger partial charge in [0, 0.05) is 6.54 Å². The first-order valence-corrected chi connectivity index (χ1v) is 8.22. The predicted molar refractivity (Wildman–Crippen MR) is 84.9 cm³/mol. The first kappa shape index (κ1) is 17.0. The summed E-state index contributed by atoms with van der Waals surface area (Å²) in [6, 6.07) is 1.92. The summed E-state index contributed by atoms with van der Waals surface area (Å²) in [4.78, 5) is 13.7. The number of carbonyl (C=O) groups is 1. The Balaban J connectivity index is 1.72. The van der Waals surface area contributed by atoms with E-state index in [0.717, 1.165) is 31.3 Å². The van der Waals surface area contributed by atoms with Gasteiger partial charge in [0.05, 0.1) is 18.2 Å². The maximum Gasteiger partial charge on any atom is 0.237 e. The molecule has 3 atom stereocenters. The number of amides is 1. The van der Waals surface area contributed by atoms with Crippen LogP contribution in [0, 0.1) is 17.2 Å². The third-order valence-corrected chi connectivity index (χ3v) is 4.71. The number of nitriles is 1. The van der Waals surface area contributed by atoms with Crippen LogP contribution in [0.5, 0.6) is 0 Å². The second-order valence-corrected chi connectivity index (χ2v) is 6.97. The van der Waals surface area contributed by atoms with E-state index in [2.05, 4.69) is 24.9 Å². The van der Waals surface area contributed by atoms with Crippen molar-refractivity contribution in [2.75, 3.05) is 19.6 Å². The van der Waals surface area contributed by atoms with Crippen LogP contribution in [0.3, 0.4) is 0 Å². The number of carbonyl (C=O) groups excluding carboxylic acids is 1. The highest BCUT2D eigenvalue weighted by molar-refractivity contribution is 5.79. The van der Waals surface area contributed by atoms with Gasteiger partial charge in [0.25, 0.3) is 0 Å². The van der Waals surface area contributed by atoms with Crippen LogP contribution >= 0.6 is 0 Å². The van der Waals surface area contributed by atoms with E-state index in [0.29, 0.717) is 31.8 Å². The summed E-state index contributed by atoms with van der Waals surface area (Å²) in [5, 5.41) is 22.8. The summed E-state index contributed by atoms with van der Waals surface area (Å²) in [5.74, 6) is 0.450. The van der Waals surface area contributed by atoms with Gasteiger partial charge in [0.1, 0.15) is 6.04 Å². The van der Waals surface area contributed by atoms with E-state index in [1.54, 1.807) is 4.90 Å². The number of likely N-dealkylation sites (tertiary alicyclic amines) is 1. The smallest absolute Gasteiger partial charge is 0.237 e. The van der Waals surface area contributed by atoms with E-state index in [4.69, 9.17) is 5.26 Å². The molecule has 1 amide bonds. The summed E-state index contributed by atoms with van der Waals surface area (Å²) >= 11 is 0. The fourth-order valence-electron chi connectivity index (χ4n) is 3.83. The summed E-state index contributed by atoms with van der Waals surface area (Å²) in [6.07, 6.45) is 4.77. The van der Waals surface area contributed by atoms with Crippen LogP contribution in [0.2, 0.25) is 0 Å². The molecule has 0 bridgehead atoms. The second kappa shape index (κ2) is 7.26. The molecule has 0 aromatic carbocycles. The Labute approximate surface area is 133 Å². The minimum absolute atomic E-state index is 0.0162.